The van der Waals surface area contributed by atoms with E-state index in [1.165, 1.54) is 0 Å². The lowest BCUT2D eigenvalue weighted by atomic mass is 9.89. The fraction of sp³-hybridized carbons (Fsp3) is 0.818. The first-order valence-corrected chi connectivity index (χ1v) is 6.04. The second-order valence-electron chi connectivity index (χ2n) is 4.88. The van der Waals surface area contributed by atoms with Gasteiger partial charge in [0, 0.05) is 26.1 Å². The molecule has 1 saturated heterocycles. The third kappa shape index (κ3) is 2.92. The van der Waals surface area contributed by atoms with Crippen LogP contribution < -0.4 is 11.1 Å². The molecule has 92 valence electrons. The van der Waals surface area contributed by atoms with E-state index in [1.54, 1.807) is 7.05 Å². The summed E-state index contributed by atoms with van der Waals surface area (Å²) < 4.78 is 0. The summed E-state index contributed by atoms with van der Waals surface area (Å²) in [5.74, 6) is 0.123. The van der Waals surface area contributed by atoms with Gasteiger partial charge < -0.3 is 11.1 Å². The molecule has 1 aliphatic heterocycles. The number of carbonyl (C=O) groups is 1. The van der Waals surface area contributed by atoms with Crippen LogP contribution in [0.1, 0.15) is 26.7 Å². The molecule has 4 nitrogen and oxygen atoms in total. The van der Waals surface area contributed by atoms with E-state index in [0.29, 0.717) is 11.0 Å². The number of nitrogens with one attached hydrogen (secondary N) is 1. The van der Waals surface area contributed by atoms with Gasteiger partial charge in [0.2, 0.25) is 5.91 Å². The Kier molecular flexibility index (Phi) is 4.27. The van der Waals surface area contributed by atoms with Gasteiger partial charge in [0.25, 0.3) is 0 Å². The van der Waals surface area contributed by atoms with E-state index in [2.05, 4.69) is 17.1 Å². The van der Waals surface area contributed by atoms with Crippen molar-refractivity contribution in [3.05, 3.63) is 0 Å². The molecule has 0 radical (unpaired) electrons. The van der Waals surface area contributed by atoms with Gasteiger partial charge >= 0.3 is 0 Å². The Labute approximate surface area is 103 Å². The lowest BCUT2D eigenvalue weighted by Gasteiger charge is -2.26. The molecule has 2 unspecified atom stereocenters. The van der Waals surface area contributed by atoms with E-state index in [-0.39, 0.29) is 11.3 Å². The Hall–Kier alpha value is -0.680. The zero-order valence-electron chi connectivity index (χ0n) is 10.2. The third-order valence-electron chi connectivity index (χ3n) is 3.40. The fourth-order valence-corrected chi connectivity index (χ4v) is 2.52. The Bertz CT molecular complexity index is 295. The van der Waals surface area contributed by atoms with Crippen LogP contribution in [0.4, 0.5) is 0 Å². The average Bonchev–Trinajstić information content (AvgIpc) is 2.60. The number of hydrogen-bond donors (Lipinski definition) is 2. The van der Waals surface area contributed by atoms with Gasteiger partial charge in [-0.05, 0) is 26.8 Å². The van der Waals surface area contributed by atoms with Gasteiger partial charge in [-0.2, -0.15) is 0 Å². The molecule has 5 heteroatoms. The van der Waals surface area contributed by atoms with Crippen LogP contribution in [0.3, 0.4) is 0 Å². The minimum atomic E-state index is -0.265. The minimum absolute atomic E-state index is 0.123. The number of hydrogen-bond acceptors (Lipinski definition) is 3. The lowest BCUT2D eigenvalue weighted by Crippen LogP contribution is -2.41. The first-order chi connectivity index (χ1) is 7.39. The number of rotatable bonds is 4. The van der Waals surface area contributed by atoms with E-state index in [0.717, 1.165) is 25.9 Å². The zero-order valence-corrected chi connectivity index (χ0v) is 11.1. The summed E-state index contributed by atoms with van der Waals surface area (Å²) in [7, 11) is 1.69. The van der Waals surface area contributed by atoms with Gasteiger partial charge in [0.1, 0.15) is 0 Å². The van der Waals surface area contributed by atoms with Gasteiger partial charge in [-0.25, -0.2) is 0 Å². The van der Waals surface area contributed by atoms with E-state index >= 15 is 0 Å². The Morgan fingerprint density at radius 2 is 2.31 bits per heavy atom. The van der Waals surface area contributed by atoms with Crippen LogP contribution >= 0.6 is 12.2 Å². The Balaban J connectivity index is 2.57. The fourth-order valence-electron chi connectivity index (χ4n) is 2.28. The topological polar surface area (TPSA) is 58.4 Å². The molecule has 1 heterocycles. The van der Waals surface area contributed by atoms with Crippen LogP contribution in [-0.2, 0) is 4.79 Å². The molecule has 16 heavy (non-hydrogen) atoms. The molecule has 0 aromatic carbocycles. The average molecular weight is 243 g/mol. The van der Waals surface area contributed by atoms with Crippen molar-refractivity contribution in [2.45, 2.75) is 32.7 Å². The molecule has 0 saturated carbocycles. The van der Waals surface area contributed by atoms with Crippen molar-refractivity contribution in [1.82, 2.24) is 10.2 Å². The van der Waals surface area contributed by atoms with Crippen molar-refractivity contribution in [3.63, 3.8) is 0 Å². The van der Waals surface area contributed by atoms with Crippen LogP contribution in [0.25, 0.3) is 0 Å². The molecular formula is C11H21N3OS. The second kappa shape index (κ2) is 5.10. The summed E-state index contributed by atoms with van der Waals surface area (Å²) in [5.41, 5.74) is 5.28. The minimum Gasteiger partial charge on any atom is -0.393 e. The first-order valence-electron chi connectivity index (χ1n) is 5.63. The molecule has 3 N–H and O–H groups in total. The summed E-state index contributed by atoms with van der Waals surface area (Å²) >= 11 is 4.91. The molecule has 0 bridgehead atoms. The zero-order chi connectivity index (χ0) is 12.3. The van der Waals surface area contributed by atoms with Crippen LogP contribution in [-0.4, -0.2) is 42.0 Å². The molecule has 1 fully saturated rings. The summed E-state index contributed by atoms with van der Waals surface area (Å²) in [6, 6.07) is 0.323. The van der Waals surface area contributed by atoms with Crippen LogP contribution in [0.2, 0.25) is 0 Å². The van der Waals surface area contributed by atoms with Gasteiger partial charge in [-0.15, -0.1) is 0 Å². The summed E-state index contributed by atoms with van der Waals surface area (Å²) in [6.45, 7) is 5.85. The lowest BCUT2D eigenvalue weighted by molar-refractivity contribution is -0.129. The highest BCUT2D eigenvalue weighted by Crippen LogP contribution is 2.31. The molecule has 0 spiro atoms. The van der Waals surface area contributed by atoms with Crippen molar-refractivity contribution in [3.8, 4) is 0 Å². The van der Waals surface area contributed by atoms with Crippen LogP contribution in [0.15, 0.2) is 0 Å². The van der Waals surface area contributed by atoms with Crippen LogP contribution in [0.5, 0.6) is 0 Å². The summed E-state index contributed by atoms with van der Waals surface area (Å²) in [5, 5.41) is 2.73. The van der Waals surface area contributed by atoms with Crippen molar-refractivity contribution >= 4 is 23.1 Å². The number of likely N-dealkylation sites (tertiary alicyclic amines) is 1. The highest BCUT2D eigenvalue weighted by atomic mass is 32.1. The quantitative estimate of drug-likeness (QED) is 0.706. The number of thiocarbonyl (C=S) groups is 1. The van der Waals surface area contributed by atoms with Crippen molar-refractivity contribution in [2.75, 3.05) is 20.1 Å². The maximum absolute atomic E-state index is 11.7. The standard InChI is InChI=1S/C11H21N3OS/c1-8(6-9(12)16)14-5-4-11(2,7-14)10(15)13-3/h8H,4-7H2,1-3H3,(H2,12,16)(H,13,15). The predicted molar refractivity (Wildman–Crippen MR) is 69.2 cm³/mol. The third-order valence-corrected chi connectivity index (χ3v) is 3.56. The van der Waals surface area contributed by atoms with E-state index < -0.39 is 0 Å². The first kappa shape index (κ1) is 13.4. The van der Waals surface area contributed by atoms with E-state index in [9.17, 15) is 4.79 Å². The van der Waals surface area contributed by atoms with Gasteiger partial charge in [-0.3, -0.25) is 9.69 Å². The van der Waals surface area contributed by atoms with Crippen molar-refractivity contribution < 1.29 is 4.79 Å². The molecule has 1 rings (SSSR count). The van der Waals surface area contributed by atoms with Gasteiger partial charge in [-0.1, -0.05) is 12.2 Å². The van der Waals surface area contributed by atoms with Gasteiger partial charge in [0.15, 0.2) is 0 Å². The van der Waals surface area contributed by atoms with Crippen LogP contribution in [0, 0.1) is 5.41 Å². The smallest absolute Gasteiger partial charge is 0.227 e. The largest absolute Gasteiger partial charge is 0.393 e. The number of carbonyl (C=O) groups excluding carboxylic acids is 1. The molecule has 0 aliphatic carbocycles. The highest BCUT2D eigenvalue weighted by molar-refractivity contribution is 7.80. The molecular weight excluding hydrogens is 222 g/mol. The molecule has 0 aromatic rings. The normalized spacial score (nSPS) is 27.7. The molecule has 2 atom stereocenters. The molecule has 1 aliphatic rings. The monoisotopic (exact) mass is 243 g/mol. The molecule has 0 aromatic heterocycles. The predicted octanol–water partition coefficient (Wildman–Crippen LogP) is 0.509. The van der Waals surface area contributed by atoms with E-state index in [4.69, 9.17) is 18.0 Å². The Morgan fingerprint density at radius 3 is 2.81 bits per heavy atom. The second-order valence-corrected chi connectivity index (χ2v) is 5.40. The number of nitrogens with two attached hydrogens (primary N) is 1. The van der Waals surface area contributed by atoms with Crippen molar-refractivity contribution in [1.29, 1.82) is 0 Å². The summed E-state index contributed by atoms with van der Waals surface area (Å²) in [4.78, 5) is 14.6. The SMILES string of the molecule is CNC(=O)C1(C)CCN(C(C)CC(N)=S)C1. The maximum atomic E-state index is 11.7. The maximum Gasteiger partial charge on any atom is 0.227 e. The molecule has 1 amide bonds. The van der Waals surface area contributed by atoms with E-state index in [1.807, 2.05) is 6.92 Å². The summed E-state index contributed by atoms with van der Waals surface area (Å²) in [6.07, 6.45) is 1.62. The van der Waals surface area contributed by atoms with Gasteiger partial charge in [0.05, 0.1) is 10.4 Å². The Morgan fingerprint density at radius 1 is 1.69 bits per heavy atom. The highest BCUT2D eigenvalue weighted by Gasteiger charge is 2.40. The number of amides is 1. The number of nitrogens with zero attached hydrogens (tertiary/aromatic N) is 1. The van der Waals surface area contributed by atoms with Crippen molar-refractivity contribution in [2.24, 2.45) is 11.1 Å².